The minimum atomic E-state index is 0.352. The fraction of sp³-hybridized carbons (Fsp3) is 0.667. The van der Waals surface area contributed by atoms with Crippen LogP contribution >= 0.6 is 0 Å². The molecule has 1 aromatic rings. The number of hydrogen-bond acceptors (Lipinski definition) is 2. The fourth-order valence-corrected chi connectivity index (χ4v) is 1.63. The van der Waals surface area contributed by atoms with Gasteiger partial charge in [0, 0.05) is 0 Å². The molecule has 0 fully saturated rings. The molecule has 80 valence electrons. The summed E-state index contributed by atoms with van der Waals surface area (Å²) in [5, 5.41) is 3.52. The lowest BCUT2D eigenvalue weighted by atomic mass is 9.99. The second kappa shape index (κ2) is 5.20. The molecule has 1 atom stereocenters. The summed E-state index contributed by atoms with van der Waals surface area (Å²) in [6, 6.07) is 2.38. The molecule has 2 nitrogen and oxygen atoms in total. The fourth-order valence-electron chi connectivity index (χ4n) is 1.63. The quantitative estimate of drug-likeness (QED) is 0.780. The van der Waals surface area contributed by atoms with Crippen LogP contribution in [0.3, 0.4) is 0 Å². The Balaban J connectivity index is 2.73. The summed E-state index contributed by atoms with van der Waals surface area (Å²) in [6.07, 6.45) is 2.93. The zero-order chi connectivity index (χ0) is 10.6. The summed E-state index contributed by atoms with van der Waals surface area (Å²) in [5.74, 6) is 1.65. The van der Waals surface area contributed by atoms with E-state index in [0.29, 0.717) is 12.0 Å². The van der Waals surface area contributed by atoms with Crippen molar-refractivity contribution >= 4 is 0 Å². The Hall–Kier alpha value is -0.760. The van der Waals surface area contributed by atoms with Gasteiger partial charge in [0.25, 0.3) is 0 Å². The van der Waals surface area contributed by atoms with E-state index in [1.54, 1.807) is 6.26 Å². The molecular formula is C12H21NO. The Bertz CT molecular complexity index is 265. The van der Waals surface area contributed by atoms with Crippen LogP contribution in [0.5, 0.6) is 0 Å². The highest BCUT2D eigenvalue weighted by atomic mass is 16.3. The number of furan rings is 1. The van der Waals surface area contributed by atoms with Gasteiger partial charge < -0.3 is 9.73 Å². The molecule has 14 heavy (non-hydrogen) atoms. The van der Waals surface area contributed by atoms with Gasteiger partial charge in [0.1, 0.15) is 5.76 Å². The monoisotopic (exact) mass is 195 g/mol. The van der Waals surface area contributed by atoms with Gasteiger partial charge in [0.15, 0.2) is 0 Å². The van der Waals surface area contributed by atoms with Gasteiger partial charge >= 0.3 is 0 Å². The summed E-state index contributed by atoms with van der Waals surface area (Å²) in [7, 11) is 0. The lowest BCUT2D eigenvalue weighted by Gasteiger charge is -2.20. The molecule has 0 aliphatic rings. The highest BCUT2D eigenvalue weighted by molar-refractivity contribution is 5.18. The van der Waals surface area contributed by atoms with Crippen LogP contribution in [-0.2, 0) is 0 Å². The van der Waals surface area contributed by atoms with Crippen LogP contribution in [0, 0.1) is 12.8 Å². The predicted octanol–water partition coefficient (Wildman–Crippen LogP) is 3.28. The minimum Gasteiger partial charge on any atom is -0.467 e. The second-order valence-corrected chi connectivity index (χ2v) is 4.14. The van der Waals surface area contributed by atoms with E-state index >= 15 is 0 Å². The Kier molecular flexibility index (Phi) is 4.21. The highest BCUT2D eigenvalue weighted by Gasteiger charge is 2.19. The van der Waals surface area contributed by atoms with Gasteiger partial charge in [-0.1, -0.05) is 20.8 Å². The Morgan fingerprint density at radius 3 is 2.57 bits per heavy atom. The first-order chi connectivity index (χ1) is 6.66. The first-order valence-electron chi connectivity index (χ1n) is 5.44. The average molecular weight is 195 g/mol. The van der Waals surface area contributed by atoms with Crippen LogP contribution in [0.4, 0.5) is 0 Å². The van der Waals surface area contributed by atoms with E-state index in [1.807, 2.05) is 6.07 Å². The molecule has 1 rings (SSSR count). The highest BCUT2D eigenvalue weighted by Crippen LogP contribution is 2.25. The molecule has 2 heteroatoms. The van der Waals surface area contributed by atoms with Crippen molar-refractivity contribution in [1.82, 2.24) is 5.32 Å². The molecule has 0 bridgehead atoms. The zero-order valence-corrected chi connectivity index (χ0v) is 9.63. The molecule has 0 saturated heterocycles. The van der Waals surface area contributed by atoms with Crippen molar-refractivity contribution in [2.75, 3.05) is 6.54 Å². The molecule has 0 aliphatic carbocycles. The van der Waals surface area contributed by atoms with Crippen molar-refractivity contribution in [3.8, 4) is 0 Å². The number of rotatable bonds is 5. The van der Waals surface area contributed by atoms with Gasteiger partial charge in [-0.05, 0) is 37.4 Å². The van der Waals surface area contributed by atoms with Crippen LogP contribution < -0.4 is 5.32 Å². The molecule has 1 aromatic heterocycles. The van der Waals surface area contributed by atoms with Gasteiger partial charge in [-0.25, -0.2) is 0 Å². The van der Waals surface area contributed by atoms with Crippen LogP contribution in [0.15, 0.2) is 16.7 Å². The van der Waals surface area contributed by atoms with Crippen LogP contribution in [0.25, 0.3) is 0 Å². The first kappa shape index (κ1) is 11.3. The third-order valence-electron chi connectivity index (χ3n) is 2.47. The summed E-state index contributed by atoms with van der Waals surface area (Å²) >= 11 is 0. The lowest BCUT2D eigenvalue weighted by molar-refractivity contribution is 0.340. The molecule has 0 aliphatic heterocycles. The Morgan fingerprint density at radius 2 is 2.14 bits per heavy atom. The maximum absolute atomic E-state index is 5.52. The largest absolute Gasteiger partial charge is 0.467 e. The lowest BCUT2D eigenvalue weighted by Crippen LogP contribution is -2.26. The summed E-state index contributed by atoms with van der Waals surface area (Å²) in [6.45, 7) is 9.76. The average Bonchev–Trinajstić information content (AvgIpc) is 2.52. The number of aryl methyl sites for hydroxylation is 1. The van der Waals surface area contributed by atoms with E-state index in [4.69, 9.17) is 4.42 Å². The Labute approximate surface area is 86.7 Å². The standard InChI is InChI=1S/C12H21NO/c1-5-7-13-11(9(2)3)12-10(4)6-8-14-12/h6,8-9,11,13H,5,7H2,1-4H3. The van der Waals surface area contributed by atoms with E-state index in [1.165, 1.54) is 5.56 Å². The molecule has 0 aromatic carbocycles. The third-order valence-corrected chi connectivity index (χ3v) is 2.47. The Morgan fingerprint density at radius 1 is 1.43 bits per heavy atom. The predicted molar refractivity (Wildman–Crippen MR) is 59.3 cm³/mol. The van der Waals surface area contributed by atoms with Crippen molar-refractivity contribution in [1.29, 1.82) is 0 Å². The summed E-state index contributed by atoms with van der Waals surface area (Å²) < 4.78 is 5.52. The topological polar surface area (TPSA) is 25.2 Å². The summed E-state index contributed by atoms with van der Waals surface area (Å²) in [4.78, 5) is 0. The van der Waals surface area contributed by atoms with E-state index in [9.17, 15) is 0 Å². The van der Waals surface area contributed by atoms with Crippen molar-refractivity contribution < 1.29 is 4.42 Å². The third kappa shape index (κ3) is 2.61. The number of nitrogens with one attached hydrogen (secondary N) is 1. The van der Waals surface area contributed by atoms with Gasteiger partial charge in [-0.15, -0.1) is 0 Å². The van der Waals surface area contributed by atoms with E-state index in [2.05, 4.69) is 33.0 Å². The maximum Gasteiger partial charge on any atom is 0.123 e. The van der Waals surface area contributed by atoms with Crippen molar-refractivity contribution in [3.63, 3.8) is 0 Å². The van der Waals surface area contributed by atoms with Crippen LogP contribution in [-0.4, -0.2) is 6.54 Å². The van der Waals surface area contributed by atoms with Gasteiger partial charge in [-0.3, -0.25) is 0 Å². The van der Waals surface area contributed by atoms with E-state index in [0.717, 1.165) is 18.7 Å². The van der Waals surface area contributed by atoms with Gasteiger partial charge in [-0.2, -0.15) is 0 Å². The first-order valence-corrected chi connectivity index (χ1v) is 5.44. The second-order valence-electron chi connectivity index (χ2n) is 4.14. The van der Waals surface area contributed by atoms with E-state index < -0.39 is 0 Å². The van der Waals surface area contributed by atoms with Crippen molar-refractivity contribution in [2.45, 2.75) is 40.2 Å². The number of hydrogen-bond donors (Lipinski definition) is 1. The molecule has 0 saturated carbocycles. The van der Waals surface area contributed by atoms with Gasteiger partial charge in [0.05, 0.1) is 12.3 Å². The minimum absolute atomic E-state index is 0.352. The molecule has 1 N–H and O–H groups in total. The van der Waals surface area contributed by atoms with Crippen LogP contribution in [0.1, 0.15) is 44.6 Å². The molecule has 1 unspecified atom stereocenters. The normalized spacial score (nSPS) is 13.5. The SMILES string of the molecule is CCCNC(c1occc1C)C(C)C. The zero-order valence-electron chi connectivity index (χ0n) is 9.63. The summed E-state index contributed by atoms with van der Waals surface area (Å²) in [5.41, 5.74) is 1.24. The molecule has 0 radical (unpaired) electrons. The van der Waals surface area contributed by atoms with Crippen LogP contribution in [0.2, 0.25) is 0 Å². The molecular weight excluding hydrogens is 174 g/mol. The molecule has 0 amide bonds. The molecule has 0 spiro atoms. The van der Waals surface area contributed by atoms with Crippen molar-refractivity contribution in [2.24, 2.45) is 5.92 Å². The van der Waals surface area contributed by atoms with Gasteiger partial charge in [0.2, 0.25) is 0 Å². The maximum atomic E-state index is 5.52. The van der Waals surface area contributed by atoms with E-state index in [-0.39, 0.29) is 0 Å². The van der Waals surface area contributed by atoms with Crippen molar-refractivity contribution in [3.05, 3.63) is 23.7 Å². The molecule has 1 heterocycles. The smallest absolute Gasteiger partial charge is 0.123 e.